The molecule has 0 saturated heterocycles. The van der Waals surface area contributed by atoms with Crippen LogP contribution in [0.4, 0.5) is 5.69 Å². The lowest BCUT2D eigenvalue weighted by molar-refractivity contribution is -0.115. The van der Waals surface area contributed by atoms with Crippen LogP contribution in [0.1, 0.15) is 17.8 Å². The summed E-state index contributed by atoms with van der Waals surface area (Å²) in [6, 6.07) is 26.4. The van der Waals surface area contributed by atoms with Crippen LogP contribution in [-0.4, -0.2) is 15.5 Å². The minimum absolute atomic E-state index is 0.0156. The first-order valence-electron chi connectivity index (χ1n) is 10.4. The Hall–Kier alpha value is -3.66. The Morgan fingerprint density at radius 3 is 2.50 bits per heavy atom. The van der Waals surface area contributed by atoms with E-state index in [0.29, 0.717) is 6.42 Å². The van der Waals surface area contributed by atoms with Crippen LogP contribution >= 0.6 is 0 Å². The van der Waals surface area contributed by atoms with E-state index in [0.717, 1.165) is 53.3 Å². The maximum Gasteiger partial charge on any atom is 0.228 e. The van der Waals surface area contributed by atoms with E-state index in [9.17, 15) is 4.79 Å². The first kappa shape index (κ1) is 18.4. The molecule has 0 saturated carbocycles. The van der Waals surface area contributed by atoms with Gasteiger partial charge in [-0.2, -0.15) is 0 Å². The highest BCUT2D eigenvalue weighted by atomic mass is 16.1. The van der Waals surface area contributed by atoms with Gasteiger partial charge in [0.25, 0.3) is 0 Å². The van der Waals surface area contributed by atoms with E-state index in [1.165, 1.54) is 5.56 Å². The van der Waals surface area contributed by atoms with Crippen molar-refractivity contribution in [3.8, 4) is 22.4 Å². The smallest absolute Gasteiger partial charge is 0.228 e. The first-order valence-corrected chi connectivity index (χ1v) is 10.4. The lowest BCUT2D eigenvalue weighted by Gasteiger charge is -2.09. The molecule has 0 unspecified atom stereocenters. The maximum atomic E-state index is 12.6. The van der Waals surface area contributed by atoms with Crippen LogP contribution in [0, 0.1) is 0 Å². The van der Waals surface area contributed by atoms with Gasteiger partial charge >= 0.3 is 0 Å². The van der Waals surface area contributed by atoms with Gasteiger partial charge in [-0.1, -0.05) is 66.7 Å². The molecule has 3 aromatic carbocycles. The summed E-state index contributed by atoms with van der Waals surface area (Å²) in [6.45, 7) is 1.01. The van der Waals surface area contributed by atoms with Gasteiger partial charge in [0.2, 0.25) is 5.91 Å². The molecule has 5 rings (SSSR count). The van der Waals surface area contributed by atoms with Crippen molar-refractivity contribution in [2.75, 3.05) is 5.32 Å². The van der Waals surface area contributed by atoms with Crippen molar-refractivity contribution in [3.63, 3.8) is 0 Å². The van der Waals surface area contributed by atoms with Crippen LogP contribution in [-0.2, 0) is 24.2 Å². The summed E-state index contributed by atoms with van der Waals surface area (Å²) in [5, 5.41) is 3.04. The van der Waals surface area contributed by atoms with Crippen LogP contribution in [0.5, 0.6) is 0 Å². The van der Waals surface area contributed by atoms with Gasteiger partial charge in [0.1, 0.15) is 5.82 Å². The molecule has 2 heterocycles. The van der Waals surface area contributed by atoms with Gasteiger partial charge in [0.15, 0.2) is 0 Å². The van der Waals surface area contributed by atoms with Crippen molar-refractivity contribution in [1.29, 1.82) is 0 Å². The van der Waals surface area contributed by atoms with Gasteiger partial charge in [-0.15, -0.1) is 0 Å². The summed E-state index contributed by atoms with van der Waals surface area (Å²) < 4.78 is 2.27. The lowest BCUT2D eigenvalue weighted by Crippen LogP contribution is -2.14. The molecule has 4 heteroatoms. The maximum absolute atomic E-state index is 12.6. The molecule has 1 aliphatic heterocycles. The van der Waals surface area contributed by atoms with Gasteiger partial charge in [-0.05, 0) is 35.2 Å². The summed E-state index contributed by atoms with van der Waals surface area (Å²) >= 11 is 0. The average Bonchev–Trinajstić information content (AvgIpc) is 3.39. The number of rotatable bonds is 5. The minimum Gasteiger partial charge on any atom is -0.328 e. The Balaban J connectivity index is 1.27. The third-order valence-corrected chi connectivity index (χ3v) is 5.59. The number of carbonyl (C=O) groups is 1. The molecule has 0 bridgehead atoms. The Labute approximate surface area is 176 Å². The summed E-state index contributed by atoms with van der Waals surface area (Å²) in [6.07, 6.45) is 4.47. The molecule has 0 fully saturated rings. The fourth-order valence-corrected chi connectivity index (χ4v) is 4.08. The van der Waals surface area contributed by atoms with E-state index < -0.39 is 0 Å². The predicted octanol–water partition coefficient (Wildman–Crippen LogP) is 5.34. The summed E-state index contributed by atoms with van der Waals surface area (Å²) in [5.74, 6) is 1.14. The van der Waals surface area contributed by atoms with Gasteiger partial charge in [0, 0.05) is 24.2 Å². The topological polar surface area (TPSA) is 46.9 Å². The summed E-state index contributed by atoms with van der Waals surface area (Å²) in [5.41, 5.74) is 6.34. The third kappa shape index (κ3) is 3.77. The van der Waals surface area contributed by atoms with Crippen molar-refractivity contribution >= 4 is 11.6 Å². The molecule has 0 spiro atoms. The molecule has 0 aliphatic carbocycles. The Morgan fingerprint density at radius 1 is 0.900 bits per heavy atom. The number of anilines is 1. The van der Waals surface area contributed by atoms with E-state index in [4.69, 9.17) is 0 Å². The molecule has 1 aliphatic rings. The number of fused-ring (bicyclic) bond motifs is 1. The van der Waals surface area contributed by atoms with E-state index in [1.807, 2.05) is 54.7 Å². The molecule has 30 heavy (non-hydrogen) atoms. The highest BCUT2D eigenvalue weighted by Crippen LogP contribution is 2.27. The van der Waals surface area contributed by atoms with Crippen LogP contribution in [0.2, 0.25) is 0 Å². The number of amides is 1. The molecule has 1 aromatic heterocycles. The van der Waals surface area contributed by atoms with Gasteiger partial charge < -0.3 is 9.88 Å². The molecular weight excluding hydrogens is 370 g/mol. The zero-order valence-electron chi connectivity index (χ0n) is 16.7. The number of hydrogen-bond donors (Lipinski definition) is 1. The Morgan fingerprint density at radius 2 is 1.67 bits per heavy atom. The number of imidazole rings is 1. The minimum atomic E-state index is -0.0156. The van der Waals surface area contributed by atoms with Crippen LogP contribution < -0.4 is 5.32 Å². The number of nitrogens with one attached hydrogen (secondary N) is 1. The first-order chi connectivity index (χ1) is 14.8. The van der Waals surface area contributed by atoms with Crippen molar-refractivity contribution in [3.05, 3.63) is 96.4 Å². The number of nitrogens with zero attached hydrogens (tertiary/aromatic N) is 2. The normalized spacial score (nSPS) is 12.5. The SMILES string of the molecule is O=C(Cc1ccc(-c2ccccc2)cc1)Nc1cccc(-c2cnc3n2CCC3)c1. The fourth-order valence-electron chi connectivity index (χ4n) is 4.08. The van der Waals surface area contributed by atoms with Crippen molar-refractivity contribution in [2.45, 2.75) is 25.8 Å². The van der Waals surface area contributed by atoms with Crippen LogP contribution in [0.15, 0.2) is 85.1 Å². The number of carbonyl (C=O) groups excluding carboxylic acids is 1. The second-order valence-corrected chi connectivity index (χ2v) is 7.68. The van der Waals surface area contributed by atoms with E-state index in [2.05, 4.69) is 45.2 Å². The van der Waals surface area contributed by atoms with Crippen LogP contribution in [0.25, 0.3) is 22.4 Å². The largest absolute Gasteiger partial charge is 0.328 e. The third-order valence-electron chi connectivity index (χ3n) is 5.59. The van der Waals surface area contributed by atoms with E-state index in [-0.39, 0.29) is 5.91 Å². The Bertz CT molecular complexity index is 1180. The second-order valence-electron chi connectivity index (χ2n) is 7.68. The number of benzene rings is 3. The van der Waals surface area contributed by atoms with Gasteiger partial charge in [-0.3, -0.25) is 4.79 Å². The highest BCUT2D eigenvalue weighted by molar-refractivity contribution is 5.93. The zero-order chi connectivity index (χ0) is 20.3. The monoisotopic (exact) mass is 393 g/mol. The van der Waals surface area contributed by atoms with Gasteiger partial charge in [0.05, 0.1) is 18.3 Å². The summed E-state index contributed by atoms with van der Waals surface area (Å²) in [4.78, 5) is 17.1. The van der Waals surface area contributed by atoms with E-state index >= 15 is 0 Å². The predicted molar refractivity (Wildman–Crippen MR) is 120 cm³/mol. The highest BCUT2D eigenvalue weighted by Gasteiger charge is 2.16. The summed E-state index contributed by atoms with van der Waals surface area (Å²) in [7, 11) is 0. The van der Waals surface area contributed by atoms with Crippen molar-refractivity contribution in [1.82, 2.24) is 9.55 Å². The fraction of sp³-hybridized carbons (Fsp3) is 0.154. The second kappa shape index (κ2) is 7.99. The number of aryl methyl sites for hydroxylation is 1. The van der Waals surface area contributed by atoms with Crippen molar-refractivity contribution in [2.24, 2.45) is 0 Å². The molecule has 148 valence electrons. The molecular formula is C26H23N3O. The molecule has 4 nitrogen and oxygen atoms in total. The molecule has 4 aromatic rings. The lowest BCUT2D eigenvalue weighted by atomic mass is 10.0. The molecule has 1 amide bonds. The zero-order valence-corrected chi connectivity index (χ0v) is 16.7. The average molecular weight is 393 g/mol. The molecule has 0 atom stereocenters. The van der Waals surface area contributed by atoms with Gasteiger partial charge in [-0.25, -0.2) is 4.98 Å². The van der Waals surface area contributed by atoms with Crippen molar-refractivity contribution < 1.29 is 4.79 Å². The standard InChI is InChI=1S/C26H23N3O/c30-26(16-19-11-13-21(14-12-19)20-6-2-1-3-7-20)28-23-9-4-8-22(17-23)24-18-27-25-10-5-15-29(24)25/h1-4,6-9,11-14,17-18H,5,10,15-16H2,(H,28,30). The quantitative estimate of drug-likeness (QED) is 0.497. The Kier molecular flexibility index (Phi) is 4.89. The van der Waals surface area contributed by atoms with Crippen LogP contribution in [0.3, 0.4) is 0 Å². The number of hydrogen-bond acceptors (Lipinski definition) is 2. The number of aromatic nitrogens is 2. The molecule has 1 N–H and O–H groups in total. The molecule has 0 radical (unpaired) electrons. The van der Waals surface area contributed by atoms with E-state index in [1.54, 1.807) is 0 Å².